The molecule has 0 aromatic heterocycles. The number of carbonyl (C=O) groups is 1. The number of hydrogen-bond donors (Lipinski definition) is 1. The number of amides is 1. The van der Waals surface area contributed by atoms with Crippen LogP contribution in [0.15, 0.2) is 56.8 Å². The monoisotopic (exact) mass is 446 g/mol. The summed E-state index contributed by atoms with van der Waals surface area (Å²) in [6, 6.07) is 12.5. The van der Waals surface area contributed by atoms with Crippen LogP contribution in [0.5, 0.6) is 11.5 Å². The van der Waals surface area contributed by atoms with E-state index >= 15 is 0 Å². The van der Waals surface area contributed by atoms with Crippen molar-refractivity contribution in [1.29, 1.82) is 0 Å². The lowest BCUT2D eigenvalue weighted by molar-refractivity contribution is -0.122. The van der Waals surface area contributed by atoms with Crippen LogP contribution < -0.4 is 4.74 Å². The number of nitrogens with zero attached hydrogens (tertiary/aromatic N) is 2. The molecule has 0 unspecified atom stereocenters. The predicted molar refractivity (Wildman–Crippen MR) is 113 cm³/mol. The van der Waals surface area contributed by atoms with Gasteiger partial charge in [-0.1, -0.05) is 15.9 Å². The van der Waals surface area contributed by atoms with Gasteiger partial charge in [0.1, 0.15) is 11.5 Å². The zero-order valence-corrected chi connectivity index (χ0v) is 17.4. The molecule has 7 heteroatoms. The SMILES string of the molecule is CCOc1ccc(N=C2SC(=Cc3cc(Br)ccc3O)C(=O)N2CC)cc1. The highest BCUT2D eigenvalue weighted by Gasteiger charge is 2.32. The van der Waals surface area contributed by atoms with Crippen LogP contribution in [-0.2, 0) is 4.79 Å². The summed E-state index contributed by atoms with van der Waals surface area (Å²) in [6.45, 7) is 4.97. The average molecular weight is 447 g/mol. The van der Waals surface area contributed by atoms with Crippen LogP contribution >= 0.6 is 27.7 Å². The summed E-state index contributed by atoms with van der Waals surface area (Å²) in [4.78, 5) is 19.5. The number of aliphatic imine (C=N–C) groups is 1. The van der Waals surface area contributed by atoms with E-state index in [4.69, 9.17) is 4.74 Å². The summed E-state index contributed by atoms with van der Waals surface area (Å²) in [6.07, 6.45) is 1.69. The quantitative estimate of drug-likeness (QED) is 0.642. The molecule has 2 aromatic carbocycles. The van der Waals surface area contributed by atoms with Crippen molar-refractivity contribution in [2.45, 2.75) is 13.8 Å². The van der Waals surface area contributed by atoms with Crippen molar-refractivity contribution in [1.82, 2.24) is 4.90 Å². The Morgan fingerprint density at radius 3 is 2.63 bits per heavy atom. The fourth-order valence-corrected chi connectivity index (χ4v) is 3.98. The maximum Gasteiger partial charge on any atom is 0.266 e. The predicted octanol–water partition coefficient (Wildman–Crippen LogP) is 5.18. The molecule has 1 fully saturated rings. The first-order valence-electron chi connectivity index (χ1n) is 8.53. The van der Waals surface area contributed by atoms with Crippen LogP contribution in [0.1, 0.15) is 19.4 Å². The van der Waals surface area contributed by atoms with Gasteiger partial charge >= 0.3 is 0 Å². The molecule has 1 N–H and O–H groups in total. The molecule has 5 nitrogen and oxygen atoms in total. The molecule has 0 spiro atoms. The highest BCUT2D eigenvalue weighted by Crippen LogP contribution is 2.36. The van der Waals surface area contributed by atoms with Crippen molar-refractivity contribution in [2.75, 3.05) is 13.2 Å². The number of thioether (sulfide) groups is 1. The molecule has 0 saturated carbocycles. The highest BCUT2D eigenvalue weighted by atomic mass is 79.9. The fourth-order valence-electron chi connectivity index (χ4n) is 2.55. The maximum absolute atomic E-state index is 12.7. The van der Waals surface area contributed by atoms with Gasteiger partial charge in [-0.25, -0.2) is 4.99 Å². The zero-order valence-electron chi connectivity index (χ0n) is 15.0. The third-order valence-corrected chi connectivity index (χ3v) is 5.35. The van der Waals surface area contributed by atoms with Crippen molar-refractivity contribution in [3.05, 3.63) is 57.4 Å². The van der Waals surface area contributed by atoms with Crippen molar-refractivity contribution in [3.8, 4) is 11.5 Å². The molecule has 0 radical (unpaired) electrons. The average Bonchev–Trinajstić information content (AvgIpc) is 2.94. The number of carbonyl (C=O) groups excluding carboxylic acids is 1. The Bertz CT molecular complexity index is 910. The number of halogens is 1. The first kappa shape index (κ1) is 19.5. The summed E-state index contributed by atoms with van der Waals surface area (Å²) in [5.74, 6) is 0.792. The van der Waals surface area contributed by atoms with Gasteiger partial charge in [0.25, 0.3) is 5.91 Å². The Hall–Kier alpha value is -2.25. The Kier molecular flexibility index (Phi) is 6.23. The highest BCUT2D eigenvalue weighted by molar-refractivity contribution is 9.10. The van der Waals surface area contributed by atoms with E-state index in [0.29, 0.717) is 28.8 Å². The number of ether oxygens (including phenoxy) is 1. The van der Waals surface area contributed by atoms with E-state index in [1.807, 2.05) is 38.1 Å². The first-order valence-corrected chi connectivity index (χ1v) is 10.1. The van der Waals surface area contributed by atoms with Gasteiger partial charge in [-0.3, -0.25) is 9.69 Å². The molecular weight excluding hydrogens is 428 g/mol. The maximum atomic E-state index is 12.7. The van der Waals surface area contributed by atoms with Gasteiger partial charge in [0, 0.05) is 16.6 Å². The standard InChI is InChI=1S/C20H19BrN2O3S/c1-3-23-19(25)18(12-13-11-14(21)5-10-17(13)24)27-20(23)22-15-6-8-16(9-7-15)26-4-2/h5-12,24H,3-4H2,1-2H3. The minimum absolute atomic E-state index is 0.119. The molecule has 3 rings (SSSR count). The second-order valence-corrected chi connectivity index (χ2v) is 7.61. The van der Waals surface area contributed by atoms with E-state index in [9.17, 15) is 9.90 Å². The summed E-state index contributed by atoms with van der Waals surface area (Å²) >= 11 is 4.68. The van der Waals surface area contributed by atoms with E-state index in [-0.39, 0.29) is 11.7 Å². The van der Waals surface area contributed by atoms with Gasteiger partial charge in [-0.05, 0) is 74.1 Å². The minimum Gasteiger partial charge on any atom is -0.507 e. The smallest absolute Gasteiger partial charge is 0.266 e. The van der Waals surface area contributed by atoms with Crippen LogP contribution in [0.4, 0.5) is 5.69 Å². The van der Waals surface area contributed by atoms with Gasteiger partial charge in [0.15, 0.2) is 5.17 Å². The second-order valence-electron chi connectivity index (χ2n) is 5.68. The molecule has 1 heterocycles. The number of rotatable bonds is 5. The van der Waals surface area contributed by atoms with Crippen molar-refractivity contribution >= 4 is 50.5 Å². The van der Waals surface area contributed by atoms with Crippen LogP contribution in [0, 0.1) is 0 Å². The van der Waals surface area contributed by atoms with Gasteiger partial charge < -0.3 is 9.84 Å². The molecule has 1 aliphatic rings. The molecule has 1 aliphatic heterocycles. The van der Waals surface area contributed by atoms with E-state index in [0.717, 1.165) is 15.9 Å². The third kappa shape index (κ3) is 4.54. The van der Waals surface area contributed by atoms with E-state index in [2.05, 4.69) is 20.9 Å². The number of amidine groups is 1. The number of aromatic hydroxyl groups is 1. The third-order valence-electron chi connectivity index (χ3n) is 3.85. The number of likely N-dealkylation sites (N-methyl/N-ethyl adjacent to an activating group) is 1. The minimum atomic E-state index is -0.119. The molecule has 27 heavy (non-hydrogen) atoms. The van der Waals surface area contributed by atoms with Crippen molar-refractivity contribution < 1.29 is 14.6 Å². The molecule has 0 aliphatic carbocycles. The molecule has 0 atom stereocenters. The number of phenols is 1. The van der Waals surface area contributed by atoms with Gasteiger partial charge in [-0.15, -0.1) is 0 Å². The van der Waals surface area contributed by atoms with Crippen LogP contribution in [0.2, 0.25) is 0 Å². The lowest BCUT2D eigenvalue weighted by atomic mass is 10.2. The number of hydrogen-bond acceptors (Lipinski definition) is 5. The zero-order chi connectivity index (χ0) is 19.4. The summed E-state index contributed by atoms with van der Waals surface area (Å²) in [7, 11) is 0. The molecule has 1 amide bonds. The van der Waals surface area contributed by atoms with Crippen molar-refractivity contribution in [2.24, 2.45) is 4.99 Å². The Morgan fingerprint density at radius 2 is 1.96 bits per heavy atom. The summed E-state index contributed by atoms with van der Waals surface area (Å²) < 4.78 is 6.27. The van der Waals surface area contributed by atoms with Crippen molar-refractivity contribution in [3.63, 3.8) is 0 Å². The van der Waals surface area contributed by atoms with Crippen LogP contribution in [0.25, 0.3) is 6.08 Å². The fraction of sp³-hybridized carbons (Fsp3) is 0.200. The molecule has 2 aromatic rings. The normalized spacial score (nSPS) is 17.1. The Morgan fingerprint density at radius 1 is 1.22 bits per heavy atom. The molecule has 0 bridgehead atoms. The lowest BCUT2D eigenvalue weighted by Gasteiger charge is -2.12. The van der Waals surface area contributed by atoms with E-state index in [1.165, 1.54) is 11.8 Å². The summed E-state index contributed by atoms with van der Waals surface area (Å²) in [5, 5.41) is 10.7. The number of benzene rings is 2. The second kappa shape index (κ2) is 8.63. The summed E-state index contributed by atoms with van der Waals surface area (Å²) in [5.41, 5.74) is 1.33. The molecule has 1 saturated heterocycles. The molecule has 140 valence electrons. The first-order chi connectivity index (χ1) is 13.0. The largest absolute Gasteiger partial charge is 0.507 e. The van der Waals surface area contributed by atoms with E-state index < -0.39 is 0 Å². The number of phenolic OH excluding ortho intramolecular Hbond substituents is 1. The Labute approximate surface area is 170 Å². The Balaban J connectivity index is 1.90. The van der Waals surface area contributed by atoms with Gasteiger partial charge in [0.2, 0.25) is 0 Å². The van der Waals surface area contributed by atoms with Gasteiger partial charge in [0.05, 0.1) is 17.2 Å². The van der Waals surface area contributed by atoms with Crippen LogP contribution in [-0.4, -0.2) is 34.2 Å². The topological polar surface area (TPSA) is 62.1 Å². The lowest BCUT2D eigenvalue weighted by Crippen LogP contribution is -2.28. The van der Waals surface area contributed by atoms with E-state index in [1.54, 1.807) is 29.2 Å². The van der Waals surface area contributed by atoms with Gasteiger partial charge in [-0.2, -0.15) is 0 Å². The molecular formula is C20H19BrN2O3S. The van der Waals surface area contributed by atoms with Crippen LogP contribution in [0.3, 0.4) is 0 Å².